The standard InChI is InChI=1S/C32H35Cl2N3O6S/c33-22-10-7-11-23(34)27(22)30-28(31(39)40)24(18-26(38)37-16-12-20(13-17-37)36-14-5-2-6-15-36)35-25(29(30)32(41)42)19-44(43)21-8-3-1-4-9-21/h1,3-4,7-11,20,30,35H,2,5-6,12-19H2,(H,39,40)(H,41,42). The number of carbonyl (C=O) groups excluding carboxylic acids is 1. The Morgan fingerprint density at radius 3 is 2.00 bits per heavy atom. The van der Waals surface area contributed by atoms with Crippen molar-refractivity contribution in [2.45, 2.75) is 55.4 Å². The maximum atomic E-state index is 13.7. The number of benzene rings is 2. The SMILES string of the molecule is O=C(O)C1=C(CC(=O)N2CCC(N3CCCCC3)CC2)NC(CS(=O)c2ccccc2)=C(C(=O)O)C1c1c(Cl)cccc1Cl. The second-order valence-corrected chi connectivity index (χ2v) is 13.5. The lowest BCUT2D eigenvalue weighted by Gasteiger charge is -2.40. The molecule has 0 spiro atoms. The summed E-state index contributed by atoms with van der Waals surface area (Å²) < 4.78 is 13.4. The van der Waals surface area contributed by atoms with Crippen molar-refractivity contribution in [1.29, 1.82) is 0 Å². The second-order valence-electron chi connectivity index (χ2n) is 11.3. The molecule has 234 valence electrons. The number of nitrogens with one attached hydrogen (secondary N) is 1. The summed E-state index contributed by atoms with van der Waals surface area (Å²) in [6, 6.07) is 13.6. The number of carboxylic acids is 2. The molecule has 2 saturated heterocycles. The smallest absolute Gasteiger partial charge is 0.334 e. The van der Waals surface area contributed by atoms with E-state index in [2.05, 4.69) is 10.2 Å². The Hall–Kier alpha value is -3.18. The van der Waals surface area contributed by atoms with Crippen LogP contribution in [-0.4, -0.2) is 80.0 Å². The lowest BCUT2D eigenvalue weighted by Crippen LogP contribution is -2.48. The number of likely N-dealkylation sites (tertiary alicyclic amines) is 2. The fraction of sp³-hybridized carbons (Fsp3) is 0.406. The number of halogens is 2. The molecule has 0 saturated carbocycles. The first kappa shape index (κ1) is 32.2. The van der Waals surface area contributed by atoms with Gasteiger partial charge in [0.15, 0.2) is 0 Å². The highest BCUT2D eigenvalue weighted by Crippen LogP contribution is 2.45. The van der Waals surface area contributed by atoms with E-state index >= 15 is 0 Å². The quantitative estimate of drug-likeness (QED) is 0.342. The van der Waals surface area contributed by atoms with E-state index in [-0.39, 0.29) is 56.2 Å². The predicted octanol–water partition coefficient (Wildman–Crippen LogP) is 5.03. The predicted molar refractivity (Wildman–Crippen MR) is 169 cm³/mol. The van der Waals surface area contributed by atoms with E-state index in [1.54, 1.807) is 41.3 Å². The highest BCUT2D eigenvalue weighted by atomic mass is 35.5. The maximum absolute atomic E-state index is 13.7. The lowest BCUT2D eigenvalue weighted by molar-refractivity contribution is -0.133. The zero-order valence-electron chi connectivity index (χ0n) is 24.1. The van der Waals surface area contributed by atoms with Gasteiger partial charge in [0, 0.05) is 51.0 Å². The molecule has 2 fully saturated rings. The van der Waals surface area contributed by atoms with E-state index < -0.39 is 28.7 Å². The summed E-state index contributed by atoms with van der Waals surface area (Å²) in [5.41, 5.74) is -0.491. The third-order valence-corrected chi connectivity index (χ3v) is 10.6. The van der Waals surface area contributed by atoms with Crippen molar-refractivity contribution in [2.75, 3.05) is 31.9 Å². The Morgan fingerprint density at radius 1 is 0.818 bits per heavy atom. The summed E-state index contributed by atoms with van der Waals surface area (Å²) in [6.07, 6.45) is 5.01. The molecule has 2 aromatic rings. The van der Waals surface area contributed by atoms with Gasteiger partial charge in [0.25, 0.3) is 0 Å². The molecule has 44 heavy (non-hydrogen) atoms. The number of hydrogen-bond donors (Lipinski definition) is 3. The van der Waals surface area contributed by atoms with Gasteiger partial charge in [-0.3, -0.25) is 9.00 Å². The fourth-order valence-electron chi connectivity index (χ4n) is 6.46. The monoisotopic (exact) mass is 659 g/mol. The molecular weight excluding hydrogens is 625 g/mol. The van der Waals surface area contributed by atoms with E-state index in [0.29, 0.717) is 24.0 Å². The molecule has 5 rings (SSSR count). The van der Waals surface area contributed by atoms with Gasteiger partial charge >= 0.3 is 11.9 Å². The van der Waals surface area contributed by atoms with Crippen LogP contribution in [0.3, 0.4) is 0 Å². The fourth-order valence-corrected chi connectivity index (χ4v) is 8.19. The zero-order chi connectivity index (χ0) is 31.4. The van der Waals surface area contributed by atoms with Gasteiger partial charge in [0.05, 0.1) is 40.0 Å². The van der Waals surface area contributed by atoms with Gasteiger partial charge < -0.3 is 25.3 Å². The third kappa shape index (κ3) is 7.04. The molecule has 0 aliphatic carbocycles. The van der Waals surface area contributed by atoms with Gasteiger partial charge in [-0.2, -0.15) is 0 Å². The van der Waals surface area contributed by atoms with Crippen LogP contribution in [-0.2, 0) is 25.2 Å². The molecule has 3 N–H and O–H groups in total. The molecule has 2 aromatic carbocycles. The number of aliphatic carboxylic acids is 2. The topological polar surface area (TPSA) is 127 Å². The number of amides is 1. The van der Waals surface area contributed by atoms with Crippen LogP contribution in [0.15, 0.2) is 76.0 Å². The molecular formula is C32H35Cl2N3O6S. The van der Waals surface area contributed by atoms with Crippen LogP contribution in [0.2, 0.25) is 10.0 Å². The van der Waals surface area contributed by atoms with Crippen LogP contribution in [0.25, 0.3) is 0 Å². The number of carbonyl (C=O) groups is 3. The van der Waals surface area contributed by atoms with Gasteiger partial charge in [-0.25, -0.2) is 9.59 Å². The molecule has 12 heteroatoms. The second kappa shape index (κ2) is 14.3. The van der Waals surface area contributed by atoms with E-state index in [1.807, 2.05) is 0 Å². The van der Waals surface area contributed by atoms with Crippen LogP contribution in [0.1, 0.15) is 50.0 Å². The van der Waals surface area contributed by atoms with Crippen molar-refractivity contribution in [1.82, 2.24) is 15.1 Å². The van der Waals surface area contributed by atoms with Crippen molar-refractivity contribution in [3.63, 3.8) is 0 Å². The first-order valence-corrected chi connectivity index (χ1v) is 16.8. The highest BCUT2D eigenvalue weighted by molar-refractivity contribution is 7.85. The van der Waals surface area contributed by atoms with Crippen LogP contribution in [0, 0.1) is 0 Å². The van der Waals surface area contributed by atoms with Crippen molar-refractivity contribution in [3.05, 3.63) is 86.7 Å². The minimum atomic E-state index is -1.68. The highest BCUT2D eigenvalue weighted by Gasteiger charge is 2.41. The summed E-state index contributed by atoms with van der Waals surface area (Å²) in [6.45, 7) is 3.26. The van der Waals surface area contributed by atoms with Crippen LogP contribution >= 0.6 is 23.2 Å². The Morgan fingerprint density at radius 2 is 1.41 bits per heavy atom. The van der Waals surface area contributed by atoms with Crippen molar-refractivity contribution in [2.24, 2.45) is 0 Å². The molecule has 0 radical (unpaired) electrons. The molecule has 0 aromatic heterocycles. The molecule has 1 amide bonds. The van der Waals surface area contributed by atoms with Gasteiger partial charge in [-0.1, -0.05) is 53.9 Å². The minimum absolute atomic E-state index is 0.0340. The largest absolute Gasteiger partial charge is 0.478 e. The van der Waals surface area contributed by atoms with Crippen LogP contribution in [0.5, 0.6) is 0 Å². The number of piperidine rings is 2. The summed E-state index contributed by atoms with van der Waals surface area (Å²) in [4.78, 5) is 44.1. The summed E-state index contributed by atoms with van der Waals surface area (Å²) in [5, 5.41) is 24.0. The average Bonchev–Trinajstić information content (AvgIpc) is 3.01. The van der Waals surface area contributed by atoms with E-state index in [9.17, 15) is 28.8 Å². The first-order valence-electron chi connectivity index (χ1n) is 14.7. The molecule has 2 unspecified atom stereocenters. The summed E-state index contributed by atoms with van der Waals surface area (Å²) in [5.74, 6) is -4.76. The van der Waals surface area contributed by atoms with Crippen molar-refractivity contribution in [3.8, 4) is 0 Å². The Balaban J connectivity index is 1.49. The minimum Gasteiger partial charge on any atom is -0.478 e. The maximum Gasteiger partial charge on any atom is 0.334 e. The Bertz CT molecular complexity index is 1490. The third-order valence-electron chi connectivity index (χ3n) is 8.61. The van der Waals surface area contributed by atoms with Gasteiger partial charge in [0.2, 0.25) is 5.91 Å². The average molecular weight is 661 g/mol. The number of hydrogen-bond acceptors (Lipinski definition) is 6. The van der Waals surface area contributed by atoms with E-state index in [4.69, 9.17) is 23.2 Å². The molecule has 3 aliphatic rings. The van der Waals surface area contributed by atoms with E-state index in [0.717, 1.165) is 25.9 Å². The number of carboxylic acid groups (broad SMARTS) is 2. The molecule has 0 bridgehead atoms. The van der Waals surface area contributed by atoms with Gasteiger partial charge in [-0.15, -0.1) is 0 Å². The Labute approximate surface area is 269 Å². The van der Waals surface area contributed by atoms with Crippen LogP contribution in [0.4, 0.5) is 0 Å². The first-order chi connectivity index (χ1) is 21.2. The lowest BCUT2D eigenvalue weighted by atomic mass is 9.79. The van der Waals surface area contributed by atoms with E-state index in [1.165, 1.54) is 31.4 Å². The normalized spacial score (nSPS) is 20.8. The van der Waals surface area contributed by atoms with Gasteiger partial charge in [0.1, 0.15) is 0 Å². The number of rotatable bonds is 9. The molecule has 2 atom stereocenters. The summed E-state index contributed by atoms with van der Waals surface area (Å²) in [7, 11) is -1.68. The Kier molecular flexibility index (Phi) is 10.5. The molecule has 3 heterocycles. The van der Waals surface area contributed by atoms with Gasteiger partial charge in [-0.05, 0) is 63.0 Å². The summed E-state index contributed by atoms with van der Waals surface area (Å²) >= 11 is 13.1. The zero-order valence-corrected chi connectivity index (χ0v) is 26.5. The number of nitrogens with zero attached hydrogens (tertiary/aromatic N) is 2. The number of dihydropyridines is 1. The van der Waals surface area contributed by atoms with Crippen LogP contribution < -0.4 is 5.32 Å². The molecule has 9 nitrogen and oxygen atoms in total. The van der Waals surface area contributed by atoms with Crippen molar-refractivity contribution < 1.29 is 28.8 Å². The van der Waals surface area contributed by atoms with Crippen molar-refractivity contribution >= 4 is 51.8 Å². The molecule has 3 aliphatic heterocycles.